The third-order valence-electron chi connectivity index (χ3n) is 5.57. The summed E-state index contributed by atoms with van der Waals surface area (Å²) in [5.74, 6) is 1.14. The first kappa shape index (κ1) is 21.0. The summed E-state index contributed by atoms with van der Waals surface area (Å²) in [7, 11) is 1.67. The van der Waals surface area contributed by atoms with E-state index in [2.05, 4.69) is 17.1 Å². The van der Waals surface area contributed by atoms with Crippen molar-refractivity contribution in [2.24, 2.45) is 5.41 Å². The van der Waals surface area contributed by atoms with E-state index in [-0.39, 0.29) is 18.3 Å². The third-order valence-corrected chi connectivity index (χ3v) is 5.57. The highest BCUT2D eigenvalue weighted by Gasteiger charge is 2.32. The number of hydrogen-bond donors (Lipinski definition) is 1. The predicted octanol–water partition coefficient (Wildman–Crippen LogP) is 2.19. The van der Waals surface area contributed by atoms with Crippen molar-refractivity contribution in [3.8, 4) is 5.75 Å². The minimum absolute atomic E-state index is 0. The summed E-state index contributed by atoms with van der Waals surface area (Å²) in [6.07, 6.45) is 2.65. The van der Waals surface area contributed by atoms with Crippen LogP contribution in [0.25, 0.3) is 0 Å². The lowest BCUT2D eigenvalue weighted by molar-refractivity contribution is -0.133. The molecule has 0 radical (unpaired) electrons. The molecule has 2 saturated heterocycles. The van der Waals surface area contributed by atoms with Gasteiger partial charge in [0.2, 0.25) is 5.91 Å². The number of nitrogens with zero attached hydrogens (tertiary/aromatic N) is 2. The topological polar surface area (TPSA) is 44.8 Å². The Hall–Kier alpha value is -1.30. The smallest absolute Gasteiger partial charge is 0.222 e. The Morgan fingerprint density at radius 3 is 2.46 bits per heavy atom. The molecule has 1 aromatic carbocycles. The van der Waals surface area contributed by atoms with E-state index in [9.17, 15) is 4.79 Å². The number of halogens is 1. The number of amides is 1. The molecule has 26 heavy (non-hydrogen) atoms. The molecule has 1 N–H and O–H groups in total. The molecule has 2 aliphatic heterocycles. The Labute approximate surface area is 163 Å². The van der Waals surface area contributed by atoms with Crippen LogP contribution < -0.4 is 10.1 Å². The molecule has 0 aromatic heterocycles. The highest BCUT2D eigenvalue weighted by atomic mass is 35.5. The lowest BCUT2D eigenvalue weighted by Gasteiger charge is -2.38. The first-order valence-electron chi connectivity index (χ1n) is 9.42. The van der Waals surface area contributed by atoms with E-state index in [4.69, 9.17) is 4.74 Å². The summed E-state index contributed by atoms with van der Waals surface area (Å²) in [6.45, 7) is 9.52. The highest BCUT2D eigenvalue weighted by Crippen LogP contribution is 2.26. The molecule has 2 heterocycles. The van der Waals surface area contributed by atoms with Crippen LogP contribution in [0.3, 0.4) is 0 Å². The van der Waals surface area contributed by atoms with E-state index in [1.54, 1.807) is 7.11 Å². The zero-order valence-electron chi connectivity index (χ0n) is 16.0. The predicted molar refractivity (Wildman–Crippen MR) is 107 cm³/mol. The van der Waals surface area contributed by atoms with Gasteiger partial charge in [0.05, 0.1) is 7.11 Å². The van der Waals surface area contributed by atoms with Crippen LogP contribution in [0.2, 0.25) is 0 Å². The molecule has 146 valence electrons. The summed E-state index contributed by atoms with van der Waals surface area (Å²) in [6, 6.07) is 7.99. The summed E-state index contributed by atoms with van der Waals surface area (Å²) < 4.78 is 5.17. The first-order valence-corrected chi connectivity index (χ1v) is 9.42. The van der Waals surface area contributed by atoms with E-state index in [1.807, 2.05) is 29.2 Å². The molecular formula is C20H32ClN3O2. The van der Waals surface area contributed by atoms with Gasteiger partial charge in [-0.25, -0.2) is 0 Å². The number of carbonyl (C=O) groups is 1. The Balaban J connectivity index is 0.00000243. The molecule has 1 atom stereocenters. The number of aryl methyl sites for hydroxylation is 1. The van der Waals surface area contributed by atoms with Gasteiger partial charge in [-0.3, -0.25) is 9.69 Å². The van der Waals surface area contributed by atoms with E-state index in [0.29, 0.717) is 11.8 Å². The number of ether oxygens (including phenoxy) is 1. The van der Waals surface area contributed by atoms with Crippen molar-refractivity contribution in [1.82, 2.24) is 15.1 Å². The maximum atomic E-state index is 12.5. The largest absolute Gasteiger partial charge is 0.497 e. The molecular weight excluding hydrogens is 350 g/mol. The van der Waals surface area contributed by atoms with Gasteiger partial charge in [-0.1, -0.05) is 19.1 Å². The molecule has 5 nitrogen and oxygen atoms in total. The molecule has 2 aliphatic rings. The molecule has 0 saturated carbocycles. The summed E-state index contributed by atoms with van der Waals surface area (Å²) >= 11 is 0. The monoisotopic (exact) mass is 381 g/mol. The van der Waals surface area contributed by atoms with E-state index in [0.717, 1.165) is 58.0 Å². The number of rotatable bonds is 6. The Morgan fingerprint density at radius 1 is 1.19 bits per heavy atom. The second kappa shape index (κ2) is 9.58. The van der Waals surface area contributed by atoms with Crippen molar-refractivity contribution in [2.75, 3.05) is 52.9 Å². The van der Waals surface area contributed by atoms with Gasteiger partial charge in [0.1, 0.15) is 5.75 Å². The van der Waals surface area contributed by atoms with Crippen LogP contribution in [0.5, 0.6) is 5.75 Å². The molecule has 0 aliphatic carbocycles. The summed E-state index contributed by atoms with van der Waals surface area (Å²) in [5.41, 5.74) is 1.59. The molecule has 0 bridgehead atoms. The van der Waals surface area contributed by atoms with Crippen LogP contribution in [-0.2, 0) is 11.2 Å². The molecule has 6 heteroatoms. The number of methoxy groups -OCH3 is 1. The van der Waals surface area contributed by atoms with Gasteiger partial charge in [0.25, 0.3) is 0 Å². The van der Waals surface area contributed by atoms with Crippen molar-refractivity contribution in [3.63, 3.8) is 0 Å². The average Bonchev–Trinajstić information content (AvgIpc) is 3.07. The van der Waals surface area contributed by atoms with Crippen LogP contribution in [0.4, 0.5) is 0 Å². The van der Waals surface area contributed by atoms with E-state index in [1.165, 1.54) is 12.0 Å². The van der Waals surface area contributed by atoms with Crippen LogP contribution in [0, 0.1) is 5.41 Å². The fourth-order valence-electron chi connectivity index (χ4n) is 3.90. The maximum Gasteiger partial charge on any atom is 0.222 e. The first-order chi connectivity index (χ1) is 12.1. The van der Waals surface area contributed by atoms with Gasteiger partial charge in [-0.15, -0.1) is 12.4 Å². The Kier molecular flexibility index (Phi) is 7.74. The summed E-state index contributed by atoms with van der Waals surface area (Å²) in [5, 5.41) is 3.47. The van der Waals surface area contributed by atoms with Crippen LogP contribution in [0.15, 0.2) is 24.3 Å². The van der Waals surface area contributed by atoms with Gasteiger partial charge in [0.15, 0.2) is 0 Å². The number of piperazine rings is 1. The standard InChI is InChI=1S/C20H31N3O2.ClH/c1-20(9-10-21-15-20)16-22-11-13-23(14-12-22)19(24)8-5-17-3-6-18(25-2)7-4-17;/h3-4,6-7,21H,5,8-16H2,1-2H3;1H. The number of hydrogen-bond acceptors (Lipinski definition) is 4. The zero-order valence-corrected chi connectivity index (χ0v) is 16.8. The zero-order chi connectivity index (χ0) is 17.7. The van der Waals surface area contributed by atoms with Crippen molar-refractivity contribution >= 4 is 18.3 Å². The minimum atomic E-state index is 0. The van der Waals surface area contributed by atoms with E-state index < -0.39 is 0 Å². The molecule has 1 aromatic rings. The lowest BCUT2D eigenvalue weighted by Crippen LogP contribution is -2.51. The van der Waals surface area contributed by atoms with Crippen LogP contribution >= 0.6 is 12.4 Å². The van der Waals surface area contributed by atoms with Crippen molar-refractivity contribution in [2.45, 2.75) is 26.2 Å². The van der Waals surface area contributed by atoms with Gasteiger partial charge >= 0.3 is 0 Å². The average molecular weight is 382 g/mol. The van der Waals surface area contributed by atoms with Gasteiger partial charge < -0.3 is 15.0 Å². The van der Waals surface area contributed by atoms with Crippen molar-refractivity contribution in [1.29, 1.82) is 0 Å². The number of benzene rings is 1. The van der Waals surface area contributed by atoms with E-state index >= 15 is 0 Å². The normalized spacial score (nSPS) is 23.5. The van der Waals surface area contributed by atoms with Crippen LogP contribution in [0.1, 0.15) is 25.3 Å². The molecule has 1 amide bonds. The molecule has 2 fully saturated rings. The molecule has 0 spiro atoms. The second-order valence-electron chi connectivity index (χ2n) is 7.74. The summed E-state index contributed by atoms with van der Waals surface area (Å²) in [4.78, 5) is 17.0. The fraction of sp³-hybridized carbons (Fsp3) is 0.650. The molecule has 3 rings (SSSR count). The Bertz CT molecular complexity index is 565. The van der Waals surface area contributed by atoms with Gasteiger partial charge in [0, 0.05) is 45.7 Å². The number of nitrogens with one attached hydrogen (secondary N) is 1. The maximum absolute atomic E-state index is 12.5. The minimum Gasteiger partial charge on any atom is -0.497 e. The van der Waals surface area contributed by atoms with Crippen molar-refractivity contribution in [3.05, 3.63) is 29.8 Å². The highest BCUT2D eigenvalue weighted by molar-refractivity contribution is 5.85. The quantitative estimate of drug-likeness (QED) is 0.820. The second-order valence-corrected chi connectivity index (χ2v) is 7.74. The molecule has 1 unspecified atom stereocenters. The number of carbonyl (C=O) groups excluding carboxylic acids is 1. The third kappa shape index (κ3) is 5.60. The van der Waals surface area contributed by atoms with Gasteiger partial charge in [-0.2, -0.15) is 0 Å². The Morgan fingerprint density at radius 2 is 1.88 bits per heavy atom. The SMILES string of the molecule is COc1ccc(CCC(=O)N2CCN(CC3(C)CCNC3)CC2)cc1.Cl. The van der Waals surface area contributed by atoms with Crippen molar-refractivity contribution < 1.29 is 9.53 Å². The fourth-order valence-corrected chi connectivity index (χ4v) is 3.90. The van der Waals surface area contributed by atoms with Gasteiger partial charge in [-0.05, 0) is 42.5 Å². The lowest BCUT2D eigenvalue weighted by atomic mass is 9.89. The van der Waals surface area contributed by atoms with Crippen LogP contribution in [-0.4, -0.2) is 68.6 Å².